The molecule has 0 bridgehead atoms. The molecule has 0 radical (unpaired) electrons. The molecule has 2 heterocycles. The first kappa shape index (κ1) is 18.6. The van der Waals surface area contributed by atoms with Crippen molar-refractivity contribution in [3.05, 3.63) is 54.1 Å². The van der Waals surface area contributed by atoms with E-state index in [0.717, 1.165) is 28.1 Å². The van der Waals surface area contributed by atoms with Crippen molar-refractivity contribution in [2.45, 2.75) is 33.7 Å². The van der Waals surface area contributed by atoms with Gasteiger partial charge in [0.05, 0.1) is 25.8 Å². The number of aromatic nitrogens is 4. The van der Waals surface area contributed by atoms with Crippen LogP contribution in [0.25, 0.3) is 11.1 Å². The molecule has 7 nitrogen and oxygen atoms in total. The maximum Gasteiger partial charge on any atom is 0.307 e. The third-order valence-electron chi connectivity index (χ3n) is 3.95. The highest BCUT2D eigenvalue weighted by Crippen LogP contribution is 2.25. The Morgan fingerprint density at radius 2 is 2.07 bits per heavy atom. The zero-order valence-electron chi connectivity index (χ0n) is 15.8. The molecule has 0 saturated carbocycles. The van der Waals surface area contributed by atoms with E-state index in [1.54, 1.807) is 24.0 Å². The number of aryl methyl sites for hydroxylation is 3. The second-order valence-corrected chi connectivity index (χ2v) is 6.28. The summed E-state index contributed by atoms with van der Waals surface area (Å²) in [4.78, 5) is 20.1. The van der Waals surface area contributed by atoms with Gasteiger partial charge in [-0.15, -0.1) is 0 Å². The van der Waals surface area contributed by atoms with Crippen LogP contribution >= 0.6 is 0 Å². The molecule has 3 aromatic rings. The van der Waals surface area contributed by atoms with Crippen LogP contribution in [0.15, 0.2) is 42.9 Å². The molecule has 0 fully saturated rings. The standard InChI is InChI=1S/C20H23N5O2/c1-4-27-19(26)6-8-25-13-17(12-22-25)16-9-14(2)10-18(11-16)24-20-21-7-5-15(3)23-20/h5,7,9-13H,4,6,8H2,1-3H3,(H,21,23,24). The van der Waals surface area contributed by atoms with Crippen molar-refractivity contribution >= 4 is 17.6 Å². The molecule has 0 spiro atoms. The lowest BCUT2D eigenvalue weighted by Gasteiger charge is -2.08. The van der Waals surface area contributed by atoms with Crippen LogP contribution < -0.4 is 5.32 Å². The lowest BCUT2D eigenvalue weighted by atomic mass is 10.1. The topological polar surface area (TPSA) is 81.9 Å². The van der Waals surface area contributed by atoms with Crippen molar-refractivity contribution in [3.8, 4) is 11.1 Å². The smallest absolute Gasteiger partial charge is 0.307 e. The van der Waals surface area contributed by atoms with E-state index in [4.69, 9.17) is 4.74 Å². The lowest BCUT2D eigenvalue weighted by Crippen LogP contribution is -2.09. The number of hydrogen-bond acceptors (Lipinski definition) is 6. The Morgan fingerprint density at radius 1 is 1.22 bits per heavy atom. The lowest BCUT2D eigenvalue weighted by molar-refractivity contribution is -0.143. The second-order valence-electron chi connectivity index (χ2n) is 6.28. The van der Waals surface area contributed by atoms with E-state index in [-0.39, 0.29) is 5.97 Å². The van der Waals surface area contributed by atoms with Crippen molar-refractivity contribution in [3.63, 3.8) is 0 Å². The number of esters is 1. The van der Waals surface area contributed by atoms with Crippen LogP contribution in [0.1, 0.15) is 24.6 Å². The van der Waals surface area contributed by atoms with Crippen LogP contribution in [0, 0.1) is 13.8 Å². The third-order valence-corrected chi connectivity index (χ3v) is 3.95. The normalized spacial score (nSPS) is 10.6. The molecular weight excluding hydrogens is 342 g/mol. The molecule has 0 saturated heterocycles. The molecular formula is C20H23N5O2. The van der Waals surface area contributed by atoms with Crippen LogP contribution in [0.4, 0.5) is 11.6 Å². The largest absolute Gasteiger partial charge is 0.466 e. The van der Waals surface area contributed by atoms with Gasteiger partial charge < -0.3 is 10.1 Å². The number of hydrogen-bond donors (Lipinski definition) is 1. The van der Waals surface area contributed by atoms with Crippen LogP contribution in [-0.2, 0) is 16.1 Å². The van der Waals surface area contributed by atoms with E-state index in [2.05, 4.69) is 26.4 Å². The summed E-state index contributed by atoms with van der Waals surface area (Å²) >= 11 is 0. The minimum absolute atomic E-state index is 0.213. The molecule has 1 N–H and O–H groups in total. The van der Waals surface area contributed by atoms with Gasteiger partial charge in [0.1, 0.15) is 0 Å². The fourth-order valence-electron chi connectivity index (χ4n) is 2.73. The van der Waals surface area contributed by atoms with Gasteiger partial charge >= 0.3 is 5.97 Å². The molecule has 27 heavy (non-hydrogen) atoms. The first-order valence-corrected chi connectivity index (χ1v) is 8.90. The first-order chi connectivity index (χ1) is 13.0. The molecule has 0 amide bonds. The molecule has 0 aliphatic rings. The average Bonchev–Trinajstić information content (AvgIpc) is 3.09. The molecule has 140 valence electrons. The van der Waals surface area contributed by atoms with E-state index >= 15 is 0 Å². The van der Waals surface area contributed by atoms with Gasteiger partial charge in [0.2, 0.25) is 5.95 Å². The van der Waals surface area contributed by atoms with Crippen LogP contribution in [-0.4, -0.2) is 32.3 Å². The SMILES string of the molecule is CCOC(=O)CCn1cc(-c2cc(C)cc(Nc3nccc(C)n3)c2)cn1. The Bertz CT molecular complexity index is 936. The zero-order chi connectivity index (χ0) is 19.2. The fourth-order valence-corrected chi connectivity index (χ4v) is 2.73. The summed E-state index contributed by atoms with van der Waals surface area (Å²) in [7, 11) is 0. The van der Waals surface area contributed by atoms with Gasteiger partial charge in [0, 0.05) is 29.3 Å². The highest BCUT2D eigenvalue weighted by molar-refractivity contribution is 5.70. The Labute approximate surface area is 158 Å². The first-order valence-electron chi connectivity index (χ1n) is 8.90. The number of nitrogens with zero attached hydrogens (tertiary/aromatic N) is 4. The van der Waals surface area contributed by atoms with Crippen molar-refractivity contribution in [1.82, 2.24) is 19.7 Å². The minimum Gasteiger partial charge on any atom is -0.466 e. The Hall–Kier alpha value is -3.22. The van der Waals surface area contributed by atoms with Crippen LogP contribution in [0.2, 0.25) is 0 Å². The van der Waals surface area contributed by atoms with Gasteiger partial charge in [-0.25, -0.2) is 9.97 Å². The fraction of sp³-hybridized carbons (Fsp3) is 0.300. The number of ether oxygens (including phenoxy) is 1. The zero-order valence-corrected chi connectivity index (χ0v) is 15.8. The predicted molar refractivity (Wildman–Crippen MR) is 104 cm³/mol. The summed E-state index contributed by atoms with van der Waals surface area (Å²) in [6.07, 6.45) is 5.77. The minimum atomic E-state index is -0.213. The van der Waals surface area contributed by atoms with Gasteiger partial charge in [0.15, 0.2) is 0 Å². The summed E-state index contributed by atoms with van der Waals surface area (Å²) < 4.78 is 6.71. The van der Waals surface area contributed by atoms with E-state index < -0.39 is 0 Å². The number of anilines is 2. The number of carbonyl (C=O) groups excluding carboxylic acids is 1. The Kier molecular flexibility index (Phi) is 5.80. The number of carbonyl (C=O) groups is 1. The molecule has 3 rings (SSSR count). The van der Waals surface area contributed by atoms with E-state index in [0.29, 0.717) is 25.5 Å². The predicted octanol–water partition coefficient (Wildman–Crippen LogP) is 3.65. The van der Waals surface area contributed by atoms with Crippen molar-refractivity contribution in [2.75, 3.05) is 11.9 Å². The van der Waals surface area contributed by atoms with Gasteiger partial charge in [-0.3, -0.25) is 9.48 Å². The summed E-state index contributed by atoms with van der Waals surface area (Å²) in [6, 6.07) is 8.03. The molecule has 0 unspecified atom stereocenters. The maximum absolute atomic E-state index is 11.5. The summed E-state index contributed by atoms with van der Waals surface area (Å²) in [5.74, 6) is 0.353. The van der Waals surface area contributed by atoms with Gasteiger partial charge in [0.25, 0.3) is 0 Å². The molecule has 2 aromatic heterocycles. The monoisotopic (exact) mass is 365 g/mol. The maximum atomic E-state index is 11.5. The van der Waals surface area contributed by atoms with Crippen molar-refractivity contribution in [1.29, 1.82) is 0 Å². The quantitative estimate of drug-likeness (QED) is 0.644. The second kappa shape index (κ2) is 8.44. The van der Waals surface area contributed by atoms with E-state index in [9.17, 15) is 4.79 Å². The van der Waals surface area contributed by atoms with Gasteiger partial charge in [-0.1, -0.05) is 6.07 Å². The molecule has 0 aliphatic carbocycles. The molecule has 0 atom stereocenters. The van der Waals surface area contributed by atoms with Crippen molar-refractivity contribution < 1.29 is 9.53 Å². The molecule has 1 aromatic carbocycles. The van der Waals surface area contributed by atoms with E-state index in [1.807, 2.05) is 38.2 Å². The summed E-state index contributed by atoms with van der Waals surface area (Å²) in [5, 5.41) is 7.59. The Morgan fingerprint density at radius 3 is 2.85 bits per heavy atom. The Balaban J connectivity index is 1.75. The molecule has 7 heteroatoms. The van der Waals surface area contributed by atoms with E-state index in [1.165, 1.54) is 0 Å². The number of rotatable bonds is 7. The van der Waals surface area contributed by atoms with Crippen LogP contribution in [0.5, 0.6) is 0 Å². The van der Waals surface area contributed by atoms with Gasteiger partial charge in [-0.05, 0) is 50.1 Å². The highest BCUT2D eigenvalue weighted by Gasteiger charge is 2.08. The average molecular weight is 365 g/mol. The summed E-state index contributed by atoms with van der Waals surface area (Å²) in [6.45, 7) is 6.66. The van der Waals surface area contributed by atoms with Crippen LogP contribution in [0.3, 0.4) is 0 Å². The van der Waals surface area contributed by atoms with Gasteiger partial charge in [-0.2, -0.15) is 5.10 Å². The number of nitrogens with one attached hydrogen (secondary N) is 1. The van der Waals surface area contributed by atoms with Crippen molar-refractivity contribution in [2.24, 2.45) is 0 Å². The molecule has 0 aliphatic heterocycles. The third kappa shape index (κ3) is 5.13. The number of benzene rings is 1. The summed E-state index contributed by atoms with van der Waals surface area (Å²) in [5.41, 5.74) is 4.95. The highest BCUT2D eigenvalue weighted by atomic mass is 16.5.